The largest absolute Gasteiger partial charge is 0.480 e. The smallest absolute Gasteiger partial charge is 0.446 e. The number of carboxylic acids is 1. The third-order valence-electron chi connectivity index (χ3n) is 8.98. The van der Waals surface area contributed by atoms with Crippen molar-refractivity contribution in [2.24, 2.45) is 5.41 Å². The zero-order valence-corrected chi connectivity index (χ0v) is 26.1. The molecule has 12 heteroatoms. The molecule has 7 rings (SSSR count). The number of nitrogens with one attached hydrogen (secondary N) is 1. The number of carbonyl (C=O) groups excluding carboxylic acids is 1. The van der Waals surface area contributed by atoms with E-state index in [9.17, 15) is 27.9 Å². The van der Waals surface area contributed by atoms with Crippen LogP contribution in [0.3, 0.4) is 0 Å². The lowest BCUT2D eigenvalue weighted by Gasteiger charge is -2.66. The lowest BCUT2D eigenvalue weighted by molar-refractivity contribution is -0.148. The number of thioether (sulfide) groups is 1. The first kappa shape index (κ1) is 30.7. The molecular weight excluding hydrogens is 644 g/mol. The van der Waals surface area contributed by atoms with Crippen molar-refractivity contribution in [3.8, 4) is 0 Å². The number of benzene rings is 3. The van der Waals surface area contributed by atoms with E-state index in [1.54, 1.807) is 36.2 Å². The van der Waals surface area contributed by atoms with Gasteiger partial charge in [0.15, 0.2) is 0 Å². The van der Waals surface area contributed by atoms with Crippen LogP contribution in [0.4, 0.5) is 24.5 Å². The van der Waals surface area contributed by atoms with Gasteiger partial charge < -0.3 is 15.3 Å². The van der Waals surface area contributed by atoms with Gasteiger partial charge in [-0.15, -0.1) is 34.8 Å². The summed E-state index contributed by atoms with van der Waals surface area (Å²) in [5, 5.41) is 14.8. The van der Waals surface area contributed by atoms with E-state index < -0.39 is 43.5 Å². The van der Waals surface area contributed by atoms with Crippen LogP contribution >= 0.6 is 46.6 Å². The fourth-order valence-corrected chi connectivity index (χ4v) is 11.2. The first-order valence-corrected chi connectivity index (χ1v) is 15.7. The van der Waals surface area contributed by atoms with Crippen LogP contribution in [0.1, 0.15) is 48.9 Å². The highest BCUT2D eigenvalue weighted by Gasteiger charge is 2.70. The van der Waals surface area contributed by atoms with Crippen molar-refractivity contribution in [3.63, 3.8) is 0 Å². The van der Waals surface area contributed by atoms with Crippen LogP contribution in [0.15, 0.2) is 65.6 Å². The molecule has 0 spiro atoms. The molecule has 0 aromatic heterocycles. The Hall–Kier alpha value is -2.33. The fraction of sp³-hybridized carbons (Fsp3) is 0.419. The Morgan fingerprint density at radius 2 is 1.44 bits per heavy atom. The molecule has 43 heavy (non-hydrogen) atoms. The second-order valence-electron chi connectivity index (χ2n) is 12.4. The minimum atomic E-state index is -4.42. The topological polar surface area (TPSA) is 69.6 Å². The molecule has 0 heterocycles. The van der Waals surface area contributed by atoms with Gasteiger partial charge in [0.2, 0.25) is 0 Å². The van der Waals surface area contributed by atoms with Crippen LogP contribution in [0.25, 0.3) is 10.8 Å². The number of anilines is 2. The summed E-state index contributed by atoms with van der Waals surface area (Å²) in [7, 11) is 1.71. The maximum Gasteiger partial charge on any atom is 0.446 e. The maximum absolute atomic E-state index is 14.1. The van der Waals surface area contributed by atoms with Gasteiger partial charge in [-0.25, -0.2) is 4.79 Å². The highest BCUT2D eigenvalue weighted by molar-refractivity contribution is 8.00. The van der Waals surface area contributed by atoms with Crippen molar-refractivity contribution < 1.29 is 27.9 Å². The number of carbonyl (C=O) groups is 2. The maximum atomic E-state index is 14.1. The van der Waals surface area contributed by atoms with Crippen LogP contribution in [0.2, 0.25) is 0 Å². The predicted molar refractivity (Wildman–Crippen MR) is 165 cm³/mol. The Morgan fingerprint density at radius 1 is 0.884 bits per heavy atom. The molecule has 4 aliphatic carbocycles. The average molecular weight is 672 g/mol. The quantitative estimate of drug-likeness (QED) is 0.194. The second-order valence-corrected chi connectivity index (χ2v) is 15.9. The average Bonchev–Trinajstić information content (AvgIpc) is 2.87. The van der Waals surface area contributed by atoms with E-state index in [1.807, 2.05) is 24.3 Å². The summed E-state index contributed by atoms with van der Waals surface area (Å²) in [6.45, 7) is 0. The summed E-state index contributed by atoms with van der Waals surface area (Å²) < 4.78 is 38.7. The molecule has 4 bridgehead atoms. The highest BCUT2D eigenvalue weighted by atomic mass is 35.5. The van der Waals surface area contributed by atoms with E-state index in [2.05, 4.69) is 5.32 Å². The van der Waals surface area contributed by atoms with Gasteiger partial charge in [0.05, 0.1) is 11.3 Å². The van der Waals surface area contributed by atoms with Gasteiger partial charge in [-0.05, 0) is 86.0 Å². The van der Waals surface area contributed by atoms with Gasteiger partial charge in [-0.3, -0.25) is 4.79 Å². The molecule has 1 atom stereocenters. The third-order valence-corrected chi connectivity index (χ3v) is 10.9. The molecule has 0 saturated heterocycles. The van der Waals surface area contributed by atoms with Crippen molar-refractivity contribution in [3.05, 3.63) is 66.2 Å². The standard InChI is InChI=1S/C31H28Cl3F3N2O3S/c1-39(19-7-9-20(10-8-19)43-31(35,36)37)23-21-5-3-2-4-18(21)6-11-22(23)25(40)38-24(26(41)42)27-12-28(32)15-29(33,13-27)17-30(34,14-27)16-28/h2-11,24H,12-17H2,1H3,(H,38,40)(H,41,42)/t24-,27?,28?,29?,30?/m1/s1. The van der Waals surface area contributed by atoms with E-state index in [0.29, 0.717) is 55.3 Å². The fourth-order valence-electron chi connectivity index (χ4n) is 8.14. The third kappa shape index (κ3) is 5.78. The summed E-state index contributed by atoms with van der Waals surface area (Å²) in [5.41, 5.74) is -4.10. The number of carboxylic acid groups (broad SMARTS) is 1. The van der Waals surface area contributed by atoms with Crippen molar-refractivity contribution in [1.82, 2.24) is 5.32 Å². The van der Waals surface area contributed by atoms with Crippen LogP contribution in [0.5, 0.6) is 0 Å². The molecule has 3 aromatic carbocycles. The summed E-state index contributed by atoms with van der Waals surface area (Å²) in [6.07, 6.45) is 2.69. The van der Waals surface area contributed by atoms with Gasteiger partial charge in [-0.2, -0.15) is 13.2 Å². The van der Waals surface area contributed by atoms with Crippen LogP contribution in [0, 0.1) is 5.41 Å². The number of hydrogen-bond acceptors (Lipinski definition) is 4. The van der Waals surface area contributed by atoms with Gasteiger partial charge in [0.25, 0.3) is 5.91 Å². The number of fused-ring (bicyclic) bond motifs is 1. The van der Waals surface area contributed by atoms with E-state index >= 15 is 0 Å². The number of halogens is 6. The lowest BCUT2D eigenvalue weighted by atomic mass is 9.46. The second kappa shape index (κ2) is 10.4. The number of amides is 1. The summed E-state index contributed by atoms with van der Waals surface area (Å²) in [5.74, 6) is -1.79. The van der Waals surface area contributed by atoms with E-state index in [4.69, 9.17) is 34.8 Å². The van der Waals surface area contributed by atoms with Crippen molar-refractivity contribution in [2.75, 3.05) is 11.9 Å². The van der Waals surface area contributed by atoms with Crippen molar-refractivity contribution in [1.29, 1.82) is 0 Å². The first-order chi connectivity index (χ1) is 20.0. The monoisotopic (exact) mass is 670 g/mol. The van der Waals surface area contributed by atoms with Crippen molar-refractivity contribution >= 4 is 80.6 Å². The zero-order valence-electron chi connectivity index (χ0n) is 23.0. The van der Waals surface area contributed by atoms with Gasteiger partial charge in [0.1, 0.15) is 6.04 Å². The number of hydrogen-bond donors (Lipinski definition) is 2. The molecular formula is C31H28Cl3F3N2O3S. The Bertz CT molecular complexity index is 1570. The molecule has 2 N–H and O–H groups in total. The number of rotatable bonds is 7. The zero-order chi connectivity index (χ0) is 31.0. The Balaban J connectivity index is 1.37. The van der Waals surface area contributed by atoms with Crippen LogP contribution in [-0.4, -0.2) is 50.2 Å². The minimum Gasteiger partial charge on any atom is -0.480 e. The Kier molecular flexibility index (Phi) is 7.39. The molecule has 3 aromatic rings. The Morgan fingerprint density at radius 3 is 1.98 bits per heavy atom. The Labute approximate surface area is 266 Å². The molecule has 5 nitrogen and oxygen atoms in total. The summed E-state index contributed by atoms with van der Waals surface area (Å²) in [4.78, 5) is 26.4. The van der Waals surface area contributed by atoms with Gasteiger partial charge >= 0.3 is 11.5 Å². The molecule has 4 fully saturated rings. The van der Waals surface area contributed by atoms with Gasteiger partial charge in [0, 0.05) is 43.1 Å². The highest BCUT2D eigenvalue weighted by Crippen LogP contribution is 2.71. The first-order valence-electron chi connectivity index (χ1n) is 13.7. The SMILES string of the molecule is CN(c1ccc(SC(F)(F)F)cc1)c1c(C(=O)N[C@H](C(=O)O)C23CC4(Cl)CC(Cl)(CC(Cl)(C4)C2)C3)ccc2ccccc12. The normalized spacial score (nSPS) is 30.3. The molecule has 0 unspecified atom stereocenters. The minimum absolute atomic E-state index is 0.0339. The van der Waals surface area contributed by atoms with E-state index in [0.717, 1.165) is 5.39 Å². The summed E-state index contributed by atoms with van der Waals surface area (Å²) >= 11 is 20.8. The van der Waals surface area contributed by atoms with Gasteiger partial charge in [-0.1, -0.05) is 30.3 Å². The molecule has 228 valence electrons. The predicted octanol–water partition coefficient (Wildman–Crippen LogP) is 8.70. The van der Waals surface area contributed by atoms with E-state index in [-0.39, 0.29) is 22.2 Å². The van der Waals surface area contributed by atoms with Crippen LogP contribution < -0.4 is 10.2 Å². The van der Waals surface area contributed by atoms with E-state index in [1.165, 1.54) is 12.1 Å². The molecule has 1 amide bonds. The lowest BCUT2D eigenvalue weighted by Crippen LogP contribution is -2.70. The molecule has 4 aliphatic rings. The number of alkyl halides is 6. The molecule has 4 saturated carbocycles. The number of aliphatic carboxylic acids is 1. The van der Waals surface area contributed by atoms with Crippen molar-refractivity contribution in [2.45, 2.75) is 69.6 Å². The molecule has 0 radical (unpaired) electrons. The molecule has 0 aliphatic heterocycles. The summed E-state index contributed by atoms with van der Waals surface area (Å²) in [6, 6.07) is 15.3. The number of nitrogens with zero attached hydrogens (tertiary/aromatic N) is 1. The van der Waals surface area contributed by atoms with Crippen LogP contribution in [-0.2, 0) is 4.79 Å².